The Bertz CT molecular complexity index is 807. The lowest BCUT2D eigenvalue weighted by Crippen LogP contribution is -2.53. The van der Waals surface area contributed by atoms with E-state index in [1.54, 1.807) is 30.8 Å². The number of aryl methyl sites for hydroxylation is 1. The Morgan fingerprint density at radius 2 is 1.91 bits per heavy atom. The number of phenolic OH excluding ortho intramolecular Hbond substituents is 2. The first-order chi connectivity index (χ1) is 10.3. The van der Waals surface area contributed by atoms with Crippen molar-refractivity contribution >= 4 is 12.2 Å². The van der Waals surface area contributed by atoms with Crippen LogP contribution in [0.25, 0.3) is 12.2 Å². The van der Waals surface area contributed by atoms with Crippen LogP contribution in [0.5, 0.6) is 17.2 Å². The number of hydrogen-bond donors (Lipinski definition) is 2. The number of benzene rings is 1. The summed E-state index contributed by atoms with van der Waals surface area (Å²) in [6.45, 7) is 1.84. The van der Waals surface area contributed by atoms with Crippen LogP contribution in [0, 0.1) is 6.92 Å². The van der Waals surface area contributed by atoms with Gasteiger partial charge in [-0.05, 0) is 25.1 Å². The molecule has 6 nitrogen and oxygen atoms in total. The van der Waals surface area contributed by atoms with Crippen LogP contribution in [0.3, 0.4) is 0 Å². The van der Waals surface area contributed by atoms with Crippen molar-refractivity contribution in [3.05, 3.63) is 45.6 Å². The van der Waals surface area contributed by atoms with Crippen LogP contribution in [-0.2, 0) is 14.1 Å². The number of rotatable bonds is 3. The zero-order chi connectivity index (χ0) is 16.4. The van der Waals surface area contributed by atoms with Crippen molar-refractivity contribution in [1.82, 2.24) is 4.57 Å². The highest BCUT2D eigenvalue weighted by Crippen LogP contribution is 2.35. The van der Waals surface area contributed by atoms with Crippen LogP contribution in [-0.4, -0.2) is 21.9 Å². The SMILES string of the molecule is COc1cc(O)cc(C=Cc2cc(C)n(C)c(=O)[n+]2C)c1O. The van der Waals surface area contributed by atoms with Gasteiger partial charge in [-0.25, -0.2) is 0 Å². The summed E-state index contributed by atoms with van der Waals surface area (Å²) in [6, 6.07) is 4.60. The van der Waals surface area contributed by atoms with Crippen molar-refractivity contribution in [3.8, 4) is 17.2 Å². The van der Waals surface area contributed by atoms with E-state index in [0.717, 1.165) is 5.69 Å². The van der Waals surface area contributed by atoms with Crippen molar-refractivity contribution in [1.29, 1.82) is 0 Å². The molecule has 0 unspecified atom stereocenters. The van der Waals surface area contributed by atoms with Gasteiger partial charge in [0.25, 0.3) is 0 Å². The highest BCUT2D eigenvalue weighted by Gasteiger charge is 2.12. The van der Waals surface area contributed by atoms with Crippen molar-refractivity contribution in [3.63, 3.8) is 0 Å². The minimum Gasteiger partial charge on any atom is -0.508 e. The number of aromatic hydroxyl groups is 2. The summed E-state index contributed by atoms with van der Waals surface area (Å²) < 4.78 is 8.04. The third-order valence-corrected chi connectivity index (χ3v) is 3.59. The number of phenols is 2. The summed E-state index contributed by atoms with van der Waals surface area (Å²) in [6.07, 6.45) is 3.31. The average Bonchev–Trinajstić information content (AvgIpc) is 2.50. The summed E-state index contributed by atoms with van der Waals surface area (Å²) in [5, 5.41) is 19.7. The Labute approximate surface area is 128 Å². The van der Waals surface area contributed by atoms with E-state index in [1.807, 2.05) is 13.0 Å². The molecule has 0 aliphatic heterocycles. The van der Waals surface area contributed by atoms with Crippen LogP contribution in [0.4, 0.5) is 0 Å². The first kappa shape index (κ1) is 15.6. The molecule has 0 bridgehead atoms. The van der Waals surface area contributed by atoms with Crippen molar-refractivity contribution in [2.24, 2.45) is 14.1 Å². The molecule has 0 atom stereocenters. The second kappa shape index (κ2) is 5.93. The second-order valence-corrected chi connectivity index (χ2v) is 5.03. The maximum atomic E-state index is 12.0. The van der Waals surface area contributed by atoms with Crippen LogP contribution in [0.2, 0.25) is 0 Å². The Morgan fingerprint density at radius 3 is 2.55 bits per heavy atom. The molecule has 6 heteroatoms. The molecule has 1 aromatic heterocycles. The minimum atomic E-state index is -0.141. The molecule has 0 fully saturated rings. The normalized spacial score (nSPS) is 11.1. The van der Waals surface area contributed by atoms with Gasteiger partial charge in [0.15, 0.2) is 11.5 Å². The van der Waals surface area contributed by atoms with Gasteiger partial charge in [0.1, 0.15) is 17.1 Å². The first-order valence-corrected chi connectivity index (χ1v) is 6.70. The smallest absolute Gasteiger partial charge is 0.498 e. The molecular weight excluding hydrogens is 284 g/mol. The number of nitrogens with zero attached hydrogens (tertiary/aromatic N) is 2. The molecule has 0 amide bonds. The molecule has 0 radical (unpaired) electrons. The zero-order valence-corrected chi connectivity index (χ0v) is 13.0. The van der Waals surface area contributed by atoms with Gasteiger partial charge in [-0.1, -0.05) is 0 Å². The maximum absolute atomic E-state index is 12.0. The fraction of sp³-hybridized carbons (Fsp3) is 0.250. The quantitative estimate of drug-likeness (QED) is 0.658. The first-order valence-electron chi connectivity index (χ1n) is 6.70. The molecule has 2 rings (SSSR count). The Kier molecular flexibility index (Phi) is 4.21. The molecule has 0 aliphatic rings. The predicted molar refractivity (Wildman–Crippen MR) is 82.8 cm³/mol. The molecule has 0 saturated carbocycles. The van der Waals surface area contributed by atoms with E-state index in [-0.39, 0.29) is 22.9 Å². The van der Waals surface area contributed by atoms with E-state index in [4.69, 9.17) is 4.74 Å². The largest absolute Gasteiger partial charge is 0.508 e. The summed E-state index contributed by atoms with van der Waals surface area (Å²) >= 11 is 0. The Balaban J connectivity index is 2.50. The highest BCUT2D eigenvalue weighted by atomic mass is 16.5. The molecule has 0 saturated heterocycles. The van der Waals surface area contributed by atoms with Gasteiger partial charge < -0.3 is 14.9 Å². The lowest BCUT2D eigenvalue weighted by Gasteiger charge is -2.07. The highest BCUT2D eigenvalue weighted by molar-refractivity contribution is 5.73. The van der Waals surface area contributed by atoms with Crippen molar-refractivity contribution in [2.75, 3.05) is 7.11 Å². The topological polar surface area (TPSA) is 75.6 Å². The third kappa shape index (κ3) is 2.81. The minimum absolute atomic E-state index is 0.0150. The van der Waals surface area contributed by atoms with E-state index < -0.39 is 0 Å². The van der Waals surface area contributed by atoms with Crippen LogP contribution in [0.1, 0.15) is 17.0 Å². The number of methoxy groups -OCH3 is 1. The fourth-order valence-corrected chi connectivity index (χ4v) is 2.13. The van der Waals surface area contributed by atoms with Crippen LogP contribution >= 0.6 is 0 Å². The van der Waals surface area contributed by atoms with Gasteiger partial charge in [-0.3, -0.25) is 0 Å². The monoisotopic (exact) mass is 303 g/mol. The molecule has 22 heavy (non-hydrogen) atoms. The van der Waals surface area contributed by atoms with Gasteiger partial charge in [-0.2, -0.15) is 13.9 Å². The summed E-state index contributed by atoms with van der Waals surface area (Å²) in [4.78, 5) is 12.0. The van der Waals surface area contributed by atoms with E-state index >= 15 is 0 Å². The predicted octanol–water partition coefficient (Wildman–Crippen LogP) is 1.11. The Morgan fingerprint density at radius 1 is 1.23 bits per heavy atom. The van der Waals surface area contributed by atoms with Crippen molar-refractivity contribution in [2.45, 2.75) is 6.92 Å². The van der Waals surface area contributed by atoms with Crippen LogP contribution < -0.4 is 15.0 Å². The number of ether oxygens (including phenoxy) is 1. The van der Waals surface area contributed by atoms with E-state index in [9.17, 15) is 15.0 Å². The molecule has 2 aromatic rings. The van der Waals surface area contributed by atoms with E-state index in [0.29, 0.717) is 11.3 Å². The lowest BCUT2D eigenvalue weighted by atomic mass is 10.1. The van der Waals surface area contributed by atoms with Crippen LogP contribution in [0.15, 0.2) is 23.0 Å². The number of hydrogen-bond acceptors (Lipinski definition) is 4. The van der Waals surface area contributed by atoms with Gasteiger partial charge in [-0.15, -0.1) is 0 Å². The standard InChI is InChI=1S/C16H18N2O4/c1-10-7-12(18(3)16(21)17(10)2)6-5-11-8-13(19)9-14(22-4)15(11)20/h5-9,19H,1-4H3/p+1. The fourth-order valence-electron chi connectivity index (χ4n) is 2.13. The zero-order valence-electron chi connectivity index (χ0n) is 13.0. The van der Waals surface area contributed by atoms with E-state index in [2.05, 4.69) is 0 Å². The second-order valence-electron chi connectivity index (χ2n) is 5.03. The Hall–Kier alpha value is -2.76. The molecule has 116 valence electrons. The van der Waals surface area contributed by atoms with Gasteiger partial charge in [0, 0.05) is 17.7 Å². The molecule has 1 heterocycles. The molecule has 0 spiro atoms. The van der Waals surface area contributed by atoms with Gasteiger partial charge >= 0.3 is 5.69 Å². The lowest BCUT2D eigenvalue weighted by molar-refractivity contribution is -0.692. The molecule has 1 aromatic carbocycles. The van der Waals surface area contributed by atoms with E-state index in [1.165, 1.54) is 23.8 Å². The maximum Gasteiger partial charge on any atom is 0.498 e. The average molecular weight is 303 g/mol. The molecular formula is C16H19N2O4+. The summed E-state index contributed by atoms with van der Waals surface area (Å²) in [5.74, 6) is 0.0998. The third-order valence-electron chi connectivity index (χ3n) is 3.59. The summed E-state index contributed by atoms with van der Waals surface area (Å²) in [7, 11) is 4.79. The van der Waals surface area contributed by atoms with Crippen molar-refractivity contribution < 1.29 is 19.5 Å². The van der Waals surface area contributed by atoms with Gasteiger partial charge in [0.05, 0.1) is 21.2 Å². The summed E-state index contributed by atoms with van der Waals surface area (Å²) in [5.41, 5.74) is 1.76. The number of aromatic nitrogens is 2. The molecule has 0 aliphatic carbocycles. The van der Waals surface area contributed by atoms with Gasteiger partial charge in [0.2, 0.25) is 0 Å². The molecule has 2 N–H and O–H groups in total.